The lowest BCUT2D eigenvalue weighted by molar-refractivity contribution is -0.127. The Labute approximate surface area is 91.2 Å². The zero-order chi connectivity index (χ0) is 11.1. The summed E-state index contributed by atoms with van der Waals surface area (Å²) in [6.45, 7) is 4.01. The highest BCUT2D eigenvalue weighted by molar-refractivity contribution is 5.81. The lowest BCUT2D eigenvalue weighted by Gasteiger charge is -2.32. The van der Waals surface area contributed by atoms with Gasteiger partial charge in [-0.1, -0.05) is 13.3 Å². The molecule has 1 amide bonds. The molecule has 1 aliphatic heterocycles. The Bertz CT molecular complexity index is 247. The molecule has 0 radical (unpaired) electrons. The highest BCUT2D eigenvalue weighted by atomic mass is 16.2. The Kier molecular flexibility index (Phi) is 5.13. The molecule has 0 aromatic heterocycles. The molecule has 1 N–H and O–H groups in total. The van der Waals surface area contributed by atoms with Crippen LogP contribution in [0.5, 0.6) is 0 Å². The molecule has 1 aliphatic rings. The maximum atomic E-state index is 11.8. The lowest BCUT2D eigenvalue weighted by atomic mass is 10.0. The second-order valence-corrected chi connectivity index (χ2v) is 3.93. The molecule has 15 heavy (non-hydrogen) atoms. The topological polar surface area (TPSA) is 56.1 Å². The molecule has 0 aromatic carbocycles. The number of carbonyl (C=O) groups excluding carboxylic acids is 1. The van der Waals surface area contributed by atoms with E-state index in [0.717, 1.165) is 38.8 Å². The van der Waals surface area contributed by atoms with Crippen molar-refractivity contribution in [3.63, 3.8) is 0 Å². The van der Waals surface area contributed by atoms with Gasteiger partial charge in [0.15, 0.2) is 0 Å². The highest BCUT2D eigenvalue weighted by Gasteiger charge is 2.27. The molecule has 1 saturated heterocycles. The standard InChI is InChI=1S/C11H19N3O/c1-2-7-13-11(15)10-5-3-4-8-14(10)9-6-12/h10H,2-5,7-9H2,1H3,(H,13,15). The van der Waals surface area contributed by atoms with E-state index in [2.05, 4.69) is 11.4 Å². The molecule has 1 unspecified atom stereocenters. The van der Waals surface area contributed by atoms with E-state index >= 15 is 0 Å². The normalized spacial score (nSPS) is 22.0. The Morgan fingerprint density at radius 3 is 3.07 bits per heavy atom. The number of hydrogen-bond acceptors (Lipinski definition) is 3. The van der Waals surface area contributed by atoms with Crippen molar-refractivity contribution in [3.05, 3.63) is 0 Å². The Morgan fingerprint density at radius 1 is 1.60 bits per heavy atom. The predicted molar refractivity (Wildman–Crippen MR) is 58.1 cm³/mol. The minimum absolute atomic E-state index is 0.0788. The summed E-state index contributed by atoms with van der Waals surface area (Å²) in [5.74, 6) is 0.0896. The van der Waals surface area contributed by atoms with Crippen molar-refractivity contribution in [1.82, 2.24) is 10.2 Å². The SMILES string of the molecule is CCCNC(=O)C1CCCCN1CC#N. The van der Waals surface area contributed by atoms with Gasteiger partial charge in [-0.3, -0.25) is 9.69 Å². The quantitative estimate of drug-likeness (QED) is 0.700. The molecule has 0 aliphatic carbocycles. The second-order valence-electron chi connectivity index (χ2n) is 3.93. The fourth-order valence-electron chi connectivity index (χ4n) is 1.93. The molecule has 0 aromatic rings. The maximum Gasteiger partial charge on any atom is 0.237 e. The first-order valence-electron chi connectivity index (χ1n) is 5.68. The van der Waals surface area contributed by atoms with Gasteiger partial charge in [-0.25, -0.2) is 0 Å². The average molecular weight is 209 g/mol. The number of rotatable bonds is 4. The van der Waals surface area contributed by atoms with Gasteiger partial charge < -0.3 is 5.32 Å². The van der Waals surface area contributed by atoms with Gasteiger partial charge in [0.1, 0.15) is 0 Å². The summed E-state index contributed by atoms with van der Waals surface area (Å²) in [6.07, 6.45) is 4.03. The van der Waals surface area contributed by atoms with E-state index in [1.165, 1.54) is 0 Å². The Balaban J connectivity index is 2.48. The molecule has 0 spiro atoms. The number of nitriles is 1. The second kappa shape index (κ2) is 6.41. The predicted octanol–water partition coefficient (Wildman–Crippen LogP) is 0.891. The van der Waals surface area contributed by atoms with Crippen LogP contribution in [0, 0.1) is 11.3 Å². The molecular weight excluding hydrogens is 190 g/mol. The first-order valence-corrected chi connectivity index (χ1v) is 5.68. The fourth-order valence-corrected chi connectivity index (χ4v) is 1.93. The van der Waals surface area contributed by atoms with Crippen molar-refractivity contribution in [1.29, 1.82) is 5.26 Å². The number of nitrogens with one attached hydrogen (secondary N) is 1. The molecule has 1 rings (SSSR count). The number of hydrogen-bond donors (Lipinski definition) is 1. The van der Waals surface area contributed by atoms with Gasteiger partial charge in [0.2, 0.25) is 5.91 Å². The van der Waals surface area contributed by atoms with Crippen molar-refractivity contribution in [2.75, 3.05) is 19.6 Å². The maximum absolute atomic E-state index is 11.8. The molecule has 0 saturated carbocycles. The Hall–Kier alpha value is -1.08. The van der Waals surface area contributed by atoms with Crippen LogP contribution >= 0.6 is 0 Å². The van der Waals surface area contributed by atoms with E-state index in [9.17, 15) is 4.79 Å². The largest absolute Gasteiger partial charge is 0.355 e. The molecule has 4 heteroatoms. The van der Waals surface area contributed by atoms with Gasteiger partial charge in [-0.15, -0.1) is 0 Å². The molecule has 4 nitrogen and oxygen atoms in total. The highest BCUT2D eigenvalue weighted by Crippen LogP contribution is 2.16. The summed E-state index contributed by atoms with van der Waals surface area (Å²) in [5, 5.41) is 11.6. The van der Waals surface area contributed by atoms with Gasteiger partial charge in [0.25, 0.3) is 0 Å². The summed E-state index contributed by atoms with van der Waals surface area (Å²) in [4.78, 5) is 13.8. The number of carbonyl (C=O) groups is 1. The van der Waals surface area contributed by atoms with Crippen molar-refractivity contribution in [3.8, 4) is 6.07 Å². The third-order valence-corrected chi connectivity index (χ3v) is 2.74. The number of nitrogens with zero attached hydrogens (tertiary/aromatic N) is 2. The van der Waals surface area contributed by atoms with Gasteiger partial charge >= 0.3 is 0 Å². The summed E-state index contributed by atoms with van der Waals surface area (Å²) in [6, 6.07) is 2.05. The van der Waals surface area contributed by atoms with E-state index in [-0.39, 0.29) is 11.9 Å². The van der Waals surface area contributed by atoms with Gasteiger partial charge in [-0.2, -0.15) is 5.26 Å². The zero-order valence-electron chi connectivity index (χ0n) is 9.33. The zero-order valence-corrected chi connectivity index (χ0v) is 9.33. The van der Waals surface area contributed by atoms with Crippen LogP contribution in [-0.2, 0) is 4.79 Å². The molecule has 1 heterocycles. The van der Waals surface area contributed by atoms with Crippen molar-refractivity contribution < 1.29 is 4.79 Å². The minimum atomic E-state index is -0.0788. The van der Waals surface area contributed by atoms with E-state index in [4.69, 9.17) is 5.26 Å². The van der Waals surface area contributed by atoms with Crippen molar-refractivity contribution >= 4 is 5.91 Å². The monoisotopic (exact) mass is 209 g/mol. The average Bonchev–Trinajstić information content (AvgIpc) is 2.27. The van der Waals surface area contributed by atoms with Crippen LogP contribution in [0.1, 0.15) is 32.6 Å². The third-order valence-electron chi connectivity index (χ3n) is 2.74. The van der Waals surface area contributed by atoms with E-state index in [1.54, 1.807) is 0 Å². The van der Waals surface area contributed by atoms with Gasteiger partial charge in [-0.05, 0) is 25.8 Å². The van der Waals surface area contributed by atoms with E-state index in [1.807, 2.05) is 11.8 Å². The fraction of sp³-hybridized carbons (Fsp3) is 0.818. The third kappa shape index (κ3) is 3.52. The molecule has 1 fully saturated rings. The molecule has 0 bridgehead atoms. The molecular formula is C11H19N3O. The van der Waals surface area contributed by atoms with Gasteiger partial charge in [0.05, 0.1) is 18.7 Å². The summed E-state index contributed by atoms with van der Waals surface area (Å²) in [7, 11) is 0. The van der Waals surface area contributed by atoms with Crippen LogP contribution in [0.25, 0.3) is 0 Å². The first kappa shape index (κ1) is 12.0. The smallest absolute Gasteiger partial charge is 0.237 e. The van der Waals surface area contributed by atoms with Crippen molar-refractivity contribution in [2.24, 2.45) is 0 Å². The first-order chi connectivity index (χ1) is 7.29. The van der Waals surface area contributed by atoms with Crippen LogP contribution in [0.3, 0.4) is 0 Å². The number of amides is 1. The van der Waals surface area contributed by atoms with Gasteiger partial charge in [0, 0.05) is 6.54 Å². The summed E-state index contributed by atoms with van der Waals surface area (Å²) < 4.78 is 0. The van der Waals surface area contributed by atoms with Crippen LogP contribution < -0.4 is 5.32 Å². The van der Waals surface area contributed by atoms with Crippen LogP contribution in [0.15, 0.2) is 0 Å². The molecule has 84 valence electrons. The van der Waals surface area contributed by atoms with Crippen LogP contribution in [0.2, 0.25) is 0 Å². The van der Waals surface area contributed by atoms with E-state index < -0.39 is 0 Å². The number of piperidine rings is 1. The minimum Gasteiger partial charge on any atom is -0.355 e. The summed E-state index contributed by atoms with van der Waals surface area (Å²) >= 11 is 0. The van der Waals surface area contributed by atoms with Crippen molar-refractivity contribution in [2.45, 2.75) is 38.6 Å². The molecule has 1 atom stereocenters. The Morgan fingerprint density at radius 2 is 2.40 bits per heavy atom. The number of likely N-dealkylation sites (tertiary alicyclic amines) is 1. The lowest BCUT2D eigenvalue weighted by Crippen LogP contribution is -2.49. The van der Waals surface area contributed by atoms with Crippen LogP contribution in [0.4, 0.5) is 0 Å². The summed E-state index contributed by atoms with van der Waals surface area (Å²) in [5.41, 5.74) is 0. The van der Waals surface area contributed by atoms with E-state index in [0.29, 0.717) is 6.54 Å². The van der Waals surface area contributed by atoms with Crippen LogP contribution in [-0.4, -0.2) is 36.5 Å².